The van der Waals surface area contributed by atoms with Crippen LogP contribution in [0.4, 0.5) is 5.69 Å². The Labute approximate surface area is 113 Å². The van der Waals surface area contributed by atoms with Crippen LogP contribution in [0.15, 0.2) is 60.7 Å². The highest BCUT2D eigenvalue weighted by molar-refractivity contribution is 5.46. The van der Waals surface area contributed by atoms with E-state index in [1.807, 2.05) is 36.4 Å². The number of benzene rings is 2. The summed E-state index contributed by atoms with van der Waals surface area (Å²) in [4.78, 5) is 0. The van der Waals surface area contributed by atoms with E-state index in [2.05, 4.69) is 35.7 Å². The van der Waals surface area contributed by atoms with E-state index in [1.165, 1.54) is 5.56 Å². The molecule has 2 aromatic carbocycles. The second kappa shape index (κ2) is 5.16. The highest BCUT2D eigenvalue weighted by Gasteiger charge is 2.44. The predicted molar refractivity (Wildman–Crippen MR) is 76.8 cm³/mol. The zero-order valence-corrected chi connectivity index (χ0v) is 10.7. The van der Waals surface area contributed by atoms with E-state index < -0.39 is 0 Å². The molecular formula is C17H16N2. The van der Waals surface area contributed by atoms with Gasteiger partial charge in [-0.2, -0.15) is 5.26 Å². The maximum atomic E-state index is 9.35. The molecule has 0 aliphatic heterocycles. The van der Waals surface area contributed by atoms with Gasteiger partial charge in [-0.05, 0) is 36.0 Å². The molecule has 0 heterocycles. The molecule has 94 valence electrons. The molecule has 3 rings (SSSR count). The van der Waals surface area contributed by atoms with E-state index in [0.717, 1.165) is 12.1 Å². The Morgan fingerprint density at radius 3 is 2.26 bits per heavy atom. The third-order valence-corrected chi connectivity index (χ3v) is 3.73. The van der Waals surface area contributed by atoms with Crippen molar-refractivity contribution in [3.05, 3.63) is 66.2 Å². The Bertz CT molecular complexity index is 571. The first-order valence-corrected chi connectivity index (χ1v) is 6.64. The van der Waals surface area contributed by atoms with E-state index in [-0.39, 0.29) is 6.04 Å². The minimum Gasteiger partial charge on any atom is -0.370 e. The van der Waals surface area contributed by atoms with Crippen LogP contribution in [-0.4, -0.2) is 6.04 Å². The topological polar surface area (TPSA) is 35.8 Å². The Hall–Kier alpha value is -2.27. The van der Waals surface area contributed by atoms with Crippen molar-refractivity contribution in [3.63, 3.8) is 0 Å². The van der Waals surface area contributed by atoms with Crippen LogP contribution in [0.5, 0.6) is 0 Å². The number of para-hydroxylation sites is 1. The number of anilines is 1. The number of nitrogens with one attached hydrogen (secondary N) is 1. The third kappa shape index (κ3) is 2.61. The molecule has 0 spiro atoms. The fourth-order valence-electron chi connectivity index (χ4n) is 2.62. The molecule has 0 amide bonds. The molecule has 1 aliphatic carbocycles. The SMILES string of the molecule is N#C[C@@H](Nc1ccccc1)[C@@H]1C[C@@H]1c1ccccc1. The van der Waals surface area contributed by atoms with E-state index >= 15 is 0 Å². The van der Waals surface area contributed by atoms with Crippen LogP contribution in [-0.2, 0) is 0 Å². The monoisotopic (exact) mass is 248 g/mol. The zero-order valence-electron chi connectivity index (χ0n) is 10.7. The lowest BCUT2D eigenvalue weighted by Crippen LogP contribution is -2.20. The first-order valence-electron chi connectivity index (χ1n) is 6.64. The molecule has 0 saturated heterocycles. The van der Waals surface area contributed by atoms with Gasteiger partial charge < -0.3 is 5.32 Å². The van der Waals surface area contributed by atoms with Crippen molar-refractivity contribution in [1.29, 1.82) is 5.26 Å². The highest BCUT2D eigenvalue weighted by atomic mass is 14.9. The third-order valence-electron chi connectivity index (χ3n) is 3.73. The molecule has 1 saturated carbocycles. The molecule has 19 heavy (non-hydrogen) atoms. The molecule has 2 aromatic rings. The molecule has 1 fully saturated rings. The molecular weight excluding hydrogens is 232 g/mol. The standard InChI is InChI=1S/C17H16N2/c18-12-17(19-14-9-5-2-6-10-14)16-11-15(16)13-7-3-1-4-8-13/h1-10,15-17,19H,11H2/t15-,16-,17-/m1/s1. The molecule has 1 N–H and O–H groups in total. The van der Waals surface area contributed by atoms with Crippen LogP contribution < -0.4 is 5.32 Å². The van der Waals surface area contributed by atoms with E-state index in [4.69, 9.17) is 0 Å². The van der Waals surface area contributed by atoms with Crippen molar-refractivity contribution in [2.75, 3.05) is 5.32 Å². The van der Waals surface area contributed by atoms with E-state index in [1.54, 1.807) is 0 Å². The maximum absolute atomic E-state index is 9.35. The van der Waals surface area contributed by atoms with Crippen molar-refractivity contribution in [3.8, 4) is 6.07 Å². The quantitative estimate of drug-likeness (QED) is 0.893. The molecule has 0 radical (unpaired) electrons. The molecule has 0 aromatic heterocycles. The summed E-state index contributed by atoms with van der Waals surface area (Å²) in [6, 6.07) is 22.7. The summed E-state index contributed by atoms with van der Waals surface area (Å²) in [6.07, 6.45) is 1.10. The summed E-state index contributed by atoms with van der Waals surface area (Å²) in [5.41, 5.74) is 2.37. The molecule has 2 heteroatoms. The second-order valence-corrected chi connectivity index (χ2v) is 5.03. The first-order chi connectivity index (χ1) is 9.38. The fourth-order valence-corrected chi connectivity index (χ4v) is 2.62. The Balaban J connectivity index is 1.68. The lowest BCUT2D eigenvalue weighted by Gasteiger charge is -2.12. The normalized spacial score (nSPS) is 22.3. The number of hydrogen-bond acceptors (Lipinski definition) is 2. The fraction of sp³-hybridized carbons (Fsp3) is 0.235. The Morgan fingerprint density at radius 2 is 1.63 bits per heavy atom. The summed E-state index contributed by atoms with van der Waals surface area (Å²) < 4.78 is 0. The number of nitriles is 1. The van der Waals surface area contributed by atoms with E-state index in [9.17, 15) is 5.26 Å². The van der Waals surface area contributed by atoms with Gasteiger partial charge >= 0.3 is 0 Å². The van der Waals surface area contributed by atoms with Gasteiger partial charge in [0, 0.05) is 5.69 Å². The van der Waals surface area contributed by atoms with Crippen LogP contribution in [0.2, 0.25) is 0 Å². The molecule has 0 unspecified atom stereocenters. The van der Waals surface area contributed by atoms with Crippen LogP contribution in [0.25, 0.3) is 0 Å². The summed E-state index contributed by atoms with van der Waals surface area (Å²) in [5.74, 6) is 0.953. The average Bonchev–Trinajstić information content (AvgIpc) is 3.27. The van der Waals surface area contributed by atoms with Crippen molar-refractivity contribution in [1.82, 2.24) is 0 Å². The van der Waals surface area contributed by atoms with Gasteiger partial charge in [-0.25, -0.2) is 0 Å². The van der Waals surface area contributed by atoms with E-state index in [0.29, 0.717) is 11.8 Å². The molecule has 2 nitrogen and oxygen atoms in total. The minimum atomic E-state index is -0.104. The van der Waals surface area contributed by atoms with Gasteiger partial charge in [-0.15, -0.1) is 0 Å². The summed E-state index contributed by atoms with van der Waals surface area (Å²) >= 11 is 0. The smallest absolute Gasteiger partial charge is 0.117 e. The van der Waals surface area contributed by atoms with Gasteiger partial charge in [-0.1, -0.05) is 48.5 Å². The van der Waals surface area contributed by atoms with Crippen LogP contribution >= 0.6 is 0 Å². The van der Waals surface area contributed by atoms with Gasteiger partial charge in [0.15, 0.2) is 0 Å². The van der Waals surface area contributed by atoms with Crippen molar-refractivity contribution < 1.29 is 0 Å². The summed E-state index contributed by atoms with van der Waals surface area (Å²) in [7, 11) is 0. The largest absolute Gasteiger partial charge is 0.370 e. The maximum Gasteiger partial charge on any atom is 0.117 e. The van der Waals surface area contributed by atoms with Gasteiger partial charge in [0.25, 0.3) is 0 Å². The zero-order chi connectivity index (χ0) is 13.1. The van der Waals surface area contributed by atoms with Crippen LogP contribution in [0.1, 0.15) is 17.9 Å². The van der Waals surface area contributed by atoms with Gasteiger partial charge in [0.1, 0.15) is 6.04 Å². The van der Waals surface area contributed by atoms with Gasteiger partial charge in [0.05, 0.1) is 6.07 Å². The van der Waals surface area contributed by atoms with Crippen LogP contribution in [0, 0.1) is 17.2 Å². The van der Waals surface area contributed by atoms with Crippen LogP contribution in [0.3, 0.4) is 0 Å². The Kier molecular flexibility index (Phi) is 3.20. The van der Waals surface area contributed by atoms with Gasteiger partial charge in [0.2, 0.25) is 0 Å². The van der Waals surface area contributed by atoms with Gasteiger partial charge in [-0.3, -0.25) is 0 Å². The summed E-state index contributed by atoms with van der Waals surface area (Å²) in [5, 5.41) is 12.7. The first kappa shape index (κ1) is 11.8. The molecule has 0 bridgehead atoms. The lowest BCUT2D eigenvalue weighted by molar-refractivity contribution is 0.739. The highest BCUT2D eigenvalue weighted by Crippen LogP contribution is 2.49. The minimum absolute atomic E-state index is 0.104. The van der Waals surface area contributed by atoms with Crippen molar-refractivity contribution >= 4 is 5.69 Å². The molecule has 3 atom stereocenters. The Morgan fingerprint density at radius 1 is 1.00 bits per heavy atom. The second-order valence-electron chi connectivity index (χ2n) is 5.03. The number of hydrogen-bond donors (Lipinski definition) is 1. The number of nitrogens with zero attached hydrogens (tertiary/aromatic N) is 1. The van der Waals surface area contributed by atoms with Crippen molar-refractivity contribution in [2.45, 2.75) is 18.4 Å². The molecule has 1 aliphatic rings. The lowest BCUT2D eigenvalue weighted by atomic mass is 10.1. The van der Waals surface area contributed by atoms with Crippen molar-refractivity contribution in [2.24, 2.45) is 5.92 Å². The predicted octanol–water partition coefficient (Wildman–Crippen LogP) is 3.79. The average molecular weight is 248 g/mol. The summed E-state index contributed by atoms with van der Waals surface area (Å²) in [6.45, 7) is 0. The number of rotatable bonds is 4.